The van der Waals surface area contributed by atoms with Gasteiger partial charge in [0, 0.05) is 25.3 Å². The summed E-state index contributed by atoms with van der Waals surface area (Å²) in [5.74, 6) is 0. The van der Waals surface area contributed by atoms with Gasteiger partial charge < -0.3 is 9.80 Å². The molecule has 2 aliphatic heterocycles. The van der Waals surface area contributed by atoms with Crippen LogP contribution in [0.4, 0.5) is 0 Å². The van der Waals surface area contributed by atoms with Crippen molar-refractivity contribution in [1.29, 1.82) is 0 Å². The number of likely N-dealkylation sites (tertiary alicyclic amines) is 2. The van der Waals surface area contributed by atoms with Crippen molar-refractivity contribution in [3.63, 3.8) is 0 Å². The van der Waals surface area contributed by atoms with Crippen LogP contribution in [0.25, 0.3) is 0 Å². The Kier molecular flexibility index (Phi) is 3.29. The fourth-order valence-electron chi connectivity index (χ4n) is 3.16. The van der Waals surface area contributed by atoms with E-state index in [1.807, 2.05) is 0 Å². The lowest BCUT2D eigenvalue weighted by Crippen LogP contribution is -2.46. The molecule has 1 spiro atoms. The number of allylic oxidation sites excluding steroid dienone is 1. The van der Waals surface area contributed by atoms with Gasteiger partial charge >= 0.3 is 0 Å². The molecule has 0 aromatic heterocycles. The van der Waals surface area contributed by atoms with Crippen LogP contribution >= 0.6 is 0 Å². The number of rotatable bonds is 1. The minimum atomic E-state index is 0.592. The van der Waals surface area contributed by atoms with Crippen LogP contribution in [0.2, 0.25) is 0 Å². The number of hydrogen-bond donors (Lipinski definition) is 0. The molecule has 2 heteroatoms. The number of hydrogen-bond acceptors (Lipinski definition) is 2. The van der Waals surface area contributed by atoms with E-state index in [9.17, 15) is 0 Å². The Hall–Kier alpha value is -0.500. The highest BCUT2D eigenvalue weighted by molar-refractivity contribution is 5.05. The van der Waals surface area contributed by atoms with Crippen LogP contribution in [0.5, 0.6) is 0 Å². The molecule has 0 aliphatic carbocycles. The third kappa shape index (κ3) is 2.27. The summed E-state index contributed by atoms with van der Waals surface area (Å²) < 4.78 is 0. The van der Waals surface area contributed by atoms with Crippen LogP contribution in [0.15, 0.2) is 12.3 Å². The predicted octanol–water partition coefficient (Wildman–Crippen LogP) is 2.72. The highest BCUT2D eigenvalue weighted by Crippen LogP contribution is 2.44. The largest absolute Gasteiger partial charge is 0.378 e. The Labute approximate surface area is 100 Å². The van der Waals surface area contributed by atoms with Crippen molar-refractivity contribution in [3.8, 4) is 0 Å². The van der Waals surface area contributed by atoms with E-state index in [0.717, 1.165) is 0 Å². The van der Waals surface area contributed by atoms with Crippen LogP contribution in [-0.4, -0.2) is 42.5 Å². The van der Waals surface area contributed by atoms with Crippen molar-refractivity contribution < 1.29 is 0 Å². The van der Waals surface area contributed by atoms with Gasteiger partial charge in [0.1, 0.15) is 0 Å². The zero-order chi connectivity index (χ0) is 11.8. The Morgan fingerprint density at radius 1 is 1.12 bits per heavy atom. The molecule has 0 aromatic carbocycles. The lowest BCUT2D eigenvalue weighted by atomic mass is 9.70. The van der Waals surface area contributed by atoms with Crippen LogP contribution in [-0.2, 0) is 0 Å². The molecule has 0 amide bonds. The van der Waals surface area contributed by atoms with E-state index in [1.165, 1.54) is 51.0 Å². The topological polar surface area (TPSA) is 6.48 Å². The maximum Gasteiger partial charge on any atom is 0.0177 e. The Morgan fingerprint density at radius 2 is 1.69 bits per heavy atom. The first-order chi connectivity index (χ1) is 7.52. The van der Waals surface area contributed by atoms with Crippen molar-refractivity contribution in [2.75, 3.05) is 26.7 Å². The van der Waals surface area contributed by atoms with Gasteiger partial charge in [0.25, 0.3) is 0 Å². The van der Waals surface area contributed by atoms with Gasteiger partial charge in [-0.3, -0.25) is 0 Å². The van der Waals surface area contributed by atoms with Gasteiger partial charge in [-0.05, 0) is 58.0 Å². The maximum absolute atomic E-state index is 4.21. The summed E-state index contributed by atoms with van der Waals surface area (Å²) in [6, 6.07) is 0.715. The molecule has 2 fully saturated rings. The minimum Gasteiger partial charge on any atom is -0.378 e. The number of nitrogens with zero attached hydrogens (tertiary/aromatic N) is 2. The average molecular weight is 222 g/mol. The first-order valence-corrected chi connectivity index (χ1v) is 6.65. The standard InChI is InChI=1S/C14H26N2/c1-12(2)16-9-6-14(7-10-16)5-8-15(4)13(3)11-14/h12H,3,5-11H2,1-2,4H3. The predicted molar refractivity (Wildman–Crippen MR) is 69.4 cm³/mol. The molecule has 0 aromatic rings. The molecule has 2 rings (SSSR count). The molecule has 0 bridgehead atoms. The van der Waals surface area contributed by atoms with Crippen LogP contribution in [0, 0.1) is 5.41 Å². The van der Waals surface area contributed by atoms with Crippen molar-refractivity contribution in [2.45, 2.75) is 45.6 Å². The average Bonchev–Trinajstić information content (AvgIpc) is 2.25. The molecule has 2 heterocycles. The summed E-state index contributed by atoms with van der Waals surface area (Å²) in [7, 11) is 2.18. The first-order valence-electron chi connectivity index (χ1n) is 6.65. The van der Waals surface area contributed by atoms with Gasteiger partial charge in [0.2, 0.25) is 0 Å². The molecule has 16 heavy (non-hydrogen) atoms. The van der Waals surface area contributed by atoms with Gasteiger partial charge in [-0.2, -0.15) is 0 Å². The number of piperidine rings is 2. The highest BCUT2D eigenvalue weighted by atomic mass is 15.2. The lowest BCUT2D eigenvalue weighted by molar-refractivity contribution is 0.0494. The van der Waals surface area contributed by atoms with Gasteiger partial charge in [-0.25, -0.2) is 0 Å². The molecule has 2 aliphatic rings. The molecule has 0 unspecified atom stereocenters. The van der Waals surface area contributed by atoms with Crippen molar-refractivity contribution >= 4 is 0 Å². The quantitative estimate of drug-likeness (QED) is 0.673. The van der Waals surface area contributed by atoms with Gasteiger partial charge in [-0.1, -0.05) is 6.58 Å². The summed E-state index contributed by atoms with van der Waals surface area (Å²) in [6.45, 7) is 12.6. The smallest absolute Gasteiger partial charge is 0.0177 e. The van der Waals surface area contributed by atoms with E-state index in [4.69, 9.17) is 0 Å². The van der Waals surface area contributed by atoms with Crippen LogP contribution in [0.3, 0.4) is 0 Å². The second-order valence-corrected chi connectivity index (χ2v) is 6.04. The maximum atomic E-state index is 4.21. The molecule has 92 valence electrons. The third-order valence-corrected chi connectivity index (χ3v) is 4.69. The van der Waals surface area contributed by atoms with Crippen molar-refractivity contribution in [1.82, 2.24) is 9.80 Å². The molecule has 0 saturated carbocycles. The summed E-state index contributed by atoms with van der Waals surface area (Å²) in [5.41, 5.74) is 1.94. The van der Waals surface area contributed by atoms with Crippen LogP contribution < -0.4 is 0 Å². The molecular weight excluding hydrogens is 196 g/mol. The highest BCUT2D eigenvalue weighted by Gasteiger charge is 2.38. The molecule has 0 radical (unpaired) electrons. The minimum absolute atomic E-state index is 0.592. The summed E-state index contributed by atoms with van der Waals surface area (Å²) in [6.07, 6.45) is 5.35. The first kappa shape index (κ1) is 12.0. The Balaban J connectivity index is 1.94. The van der Waals surface area contributed by atoms with E-state index >= 15 is 0 Å². The zero-order valence-corrected chi connectivity index (χ0v) is 11.1. The lowest BCUT2D eigenvalue weighted by Gasteiger charge is -2.48. The van der Waals surface area contributed by atoms with E-state index in [1.54, 1.807) is 0 Å². The van der Waals surface area contributed by atoms with Crippen LogP contribution in [0.1, 0.15) is 39.5 Å². The second kappa shape index (κ2) is 4.40. The SMILES string of the molecule is C=C1CC2(CCN1C)CCN(C(C)C)CC2. The molecule has 2 saturated heterocycles. The van der Waals surface area contributed by atoms with Gasteiger partial charge in [0.15, 0.2) is 0 Å². The van der Waals surface area contributed by atoms with Gasteiger partial charge in [0.05, 0.1) is 0 Å². The van der Waals surface area contributed by atoms with E-state index < -0.39 is 0 Å². The van der Waals surface area contributed by atoms with Crippen molar-refractivity contribution in [3.05, 3.63) is 12.3 Å². The summed E-state index contributed by atoms with van der Waals surface area (Å²) in [4.78, 5) is 4.95. The van der Waals surface area contributed by atoms with E-state index in [2.05, 4.69) is 37.3 Å². The monoisotopic (exact) mass is 222 g/mol. The molecule has 0 atom stereocenters. The zero-order valence-electron chi connectivity index (χ0n) is 11.1. The second-order valence-electron chi connectivity index (χ2n) is 6.04. The normalized spacial score (nSPS) is 26.8. The summed E-state index contributed by atoms with van der Waals surface area (Å²) >= 11 is 0. The van der Waals surface area contributed by atoms with E-state index in [-0.39, 0.29) is 0 Å². The third-order valence-electron chi connectivity index (χ3n) is 4.69. The Morgan fingerprint density at radius 3 is 2.19 bits per heavy atom. The van der Waals surface area contributed by atoms with E-state index in [0.29, 0.717) is 11.5 Å². The molecule has 2 nitrogen and oxygen atoms in total. The summed E-state index contributed by atoms with van der Waals surface area (Å²) in [5, 5.41) is 0. The fraction of sp³-hybridized carbons (Fsp3) is 0.857. The van der Waals surface area contributed by atoms with Gasteiger partial charge in [-0.15, -0.1) is 0 Å². The molecule has 0 N–H and O–H groups in total. The fourth-order valence-corrected chi connectivity index (χ4v) is 3.16. The Bertz CT molecular complexity index is 262. The molecular formula is C14H26N2. The van der Waals surface area contributed by atoms with Crippen molar-refractivity contribution in [2.24, 2.45) is 5.41 Å².